The third-order valence-electron chi connectivity index (χ3n) is 4.29. The quantitative estimate of drug-likeness (QED) is 0.164. The molecule has 0 saturated heterocycles. The van der Waals surface area contributed by atoms with E-state index in [9.17, 15) is 14.2 Å². The molecule has 0 rings (SSSR count). The molecule has 0 aromatic carbocycles. The van der Waals surface area contributed by atoms with Gasteiger partial charge in [-0.05, 0) is 25.7 Å². The number of aliphatic hydroxyl groups is 1. The summed E-state index contributed by atoms with van der Waals surface area (Å²) >= 11 is 0. The molecule has 10 heteroatoms. The monoisotopic (exact) mass is 432 g/mol. The van der Waals surface area contributed by atoms with Crippen molar-refractivity contribution in [2.45, 2.75) is 103 Å². The molecule has 0 aliphatic heterocycles. The standard InChI is InChI=1S/C17H38O8P2/c1-2-3-4-5-6-7-8-9-10-11-14-17(18)15-12-13-16-24-27(22,23)25-26(19,20)21/h17-18H,2-16H2,1H3,(H,22,23)(H2,19,20,21). The van der Waals surface area contributed by atoms with Gasteiger partial charge in [-0.1, -0.05) is 71.1 Å². The largest absolute Gasteiger partial charge is 0.481 e. The Hall–Kier alpha value is 0.220. The molecule has 0 spiro atoms. The molecular weight excluding hydrogens is 394 g/mol. The number of unbranched alkanes of at least 4 members (excludes halogenated alkanes) is 10. The van der Waals surface area contributed by atoms with Gasteiger partial charge >= 0.3 is 15.6 Å². The van der Waals surface area contributed by atoms with Crippen molar-refractivity contribution < 1.29 is 37.8 Å². The predicted molar refractivity (Wildman–Crippen MR) is 105 cm³/mol. The lowest BCUT2D eigenvalue weighted by Gasteiger charge is -2.13. The van der Waals surface area contributed by atoms with Gasteiger partial charge in [0.25, 0.3) is 0 Å². The molecule has 0 saturated carbocycles. The molecule has 8 nitrogen and oxygen atoms in total. The average molecular weight is 432 g/mol. The molecule has 0 heterocycles. The molecule has 0 fully saturated rings. The van der Waals surface area contributed by atoms with Crippen LogP contribution in [-0.2, 0) is 18.0 Å². The molecule has 0 aliphatic rings. The second-order valence-electron chi connectivity index (χ2n) is 6.99. The van der Waals surface area contributed by atoms with Crippen molar-refractivity contribution in [3.63, 3.8) is 0 Å². The first-order valence-electron chi connectivity index (χ1n) is 10.1. The van der Waals surface area contributed by atoms with Crippen LogP contribution in [0.4, 0.5) is 0 Å². The van der Waals surface area contributed by atoms with E-state index in [1.807, 2.05) is 0 Å². The Labute approximate surface area is 163 Å². The molecule has 2 atom stereocenters. The maximum Gasteiger partial charge on any atom is 0.481 e. The minimum atomic E-state index is -5.07. The highest BCUT2D eigenvalue weighted by Gasteiger charge is 2.31. The summed E-state index contributed by atoms with van der Waals surface area (Å²) in [4.78, 5) is 26.0. The summed E-state index contributed by atoms with van der Waals surface area (Å²) in [5.41, 5.74) is 0. The molecule has 2 unspecified atom stereocenters. The van der Waals surface area contributed by atoms with E-state index < -0.39 is 21.7 Å². The minimum absolute atomic E-state index is 0.168. The summed E-state index contributed by atoms with van der Waals surface area (Å²) in [5, 5.41) is 9.91. The molecule has 0 bridgehead atoms. The summed E-state index contributed by atoms with van der Waals surface area (Å²) in [5.74, 6) is 0. The van der Waals surface area contributed by atoms with Gasteiger partial charge in [0.1, 0.15) is 0 Å². The Morgan fingerprint density at radius 2 is 1.19 bits per heavy atom. The van der Waals surface area contributed by atoms with E-state index in [-0.39, 0.29) is 6.61 Å². The zero-order valence-corrected chi connectivity index (χ0v) is 18.3. The minimum Gasteiger partial charge on any atom is -0.393 e. The third kappa shape index (κ3) is 20.8. The topological polar surface area (TPSA) is 134 Å². The van der Waals surface area contributed by atoms with Crippen LogP contribution in [0.5, 0.6) is 0 Å². The SMILES string of the molecule is CCCCCCCCCCCCC(O)CCCCOP(=O)(O)OP(=O)(O)O. The number of hydrogen-bond acceptors (Lipinski definition) is 5. The fourth-order valence-electron chi connectivity index (χ4n) is 2.83. The first kappa shape index (κ1) is 27.2. The van der Waals surface area contributed by atoms with E-state index in [4.69, 9.17) is 14.7 Å². The molecule has 27 heavy (non-hydrogen) atoms. The molecule has 0 aliphatic carbocycles. The van der Waals surface area contributed by atoms with Crippen LogP contribution in [0.15, 0.2) is 0 Å². The van der Waals surface area contributed by atoms with Gasteiger partial charge in [0.15, 0.2) is 0 Å². The van der Waals surface area contributed by atoms with Gasteiger partial charge in [0.2, 0.25) is 0 Å². The van der Waals surface area contributed by atoms with E-state index in [0.29, 0.717) is 19.3 Å². The van der Waals surface area contributed by atoms with Crippen LogP contribution < -0.4 is 0 Å². The van der Waals surface area contributed by atoms with Crippen LogP contribution in [0.2, 0.25) is 0 Å². The Bertz CT molecular complexity index is 441. The number of phosphoric acid groups is 2. The van der Waals surface area contributed by atoms with Crippen molar-refractivity contribution in [1.29, 1.82) is 0 Å². The van der Waals surface area contributed by atoms with Crippen molar-refractivity contribution in [1.82, 2.24) is 0 Å². The normalized spacial score (nSPS) is 15.6. The van der Waals surface area contributed by atoms with Gasteiger partial charge in [-0.15, -0.1) is 0 Å². The molecule has 0 aromatic rings. The lowest BCUT2D eigenvalue weighted by atomic mass is 10.0. The predicted octanol–water partition coefficient (Wildman–Crippen LogP) is 5.05. The van der Waals surface area contributed by atoms with E-state index in [1.54, 1.807) is 0 Å². The van der Waals surface area contributed by atoms with Gasteiger partial charge in [-0.25, -0.2) is 9.13 Å². The molecule has 164 valence electrons. The summed E-state index contributed by atoms with van der Waals surface area (Å²) in [6, 6.07) is 0. The summed E-state index contributed by atoms with van der Waals surface area (Å²) in [6.45, 7) is 2.05. The second kappa shape index (κ2) is 16.1. The summed E-state index contributed by atoms with van der Waals surface area (Å²) in [7, 11) is -9.81. The first-order chi connectivity index (χ1) is 12.7. The number of aliphatic hydroxyl groups excluding tert-OH is 1. The van der Waals surface area contributed by atoms with E-state index in [1.165, 1.54) is 51.4 Å². The van der Waals surface area contributed by atoms with E-state index in [2.05, 4.69) is 15.8 Å². The van der Waals surface area contributed by atoms with Crippen molar-refractivity contribution >= 4 is 15.6 Å². The maximum absolute atomic E-state index is 11.2. The van der Waals surface area contributed by atoms with Crippen molar-refractivity contribution in [2.75, 3.05) is 6.61 Å². The fourth-order valence-corrected chi connectivity index (χ4v) is 4.46. The van der Waals surface area contributed by atoms with Crippen molar-refractivity contribution in [3.8, 4) is 0 Å². The summed E-state index contributed by atoms with van der Waals surface area (Å²) in [6.07, 6.45) is 14.4. The van der Waals surface area contributed by atoms with Crippen LogP contribution in [-0.4, -0.2) is 32.5 Å². The van der Waals surface area contributed by atoms with Gasteiger partial charge in [0.05, 0.1) is 12.7 Å². The number of hydrogen-bond donors (Lipinski definition) is 4. The van der Waals surface area contributed by atoms with Crippen LogP contribution >= 0.6 is 15.6 Å². The number of rotatable bonds is 19. The molecule has 4 N–H and O–H groups in total. The van der Waals surface area contributed by atoms with Crippen molar-refractivity contribution in [2.24, 2.45) is 0 Å². The highest BCUT2D eigenvalue weighted by atomic mass is 31.3. The fraction of sp³-hybridized carbons (Fsp3) is 1.00. The smallest absolute Gasteiger partial charge is 0.393 e. The van der Waals surface area contributed by atoms with Crippen LogP contribution in [0, 0.1) is 0 Å². The average Bonchev–Trinajstić information content (AvgIpc) is 2.54. The second-order valence-corrected chi connectivity index (χ2v) is 9.82. The van der Waals surface area contributed by atoms with Crippen LogP contribution in [0.3, 0.4) is 0 Å². The summed E-state index contributed by atoms with van der Waals surface area (Å²) < 4.78 is 29.8. The Morgan fingerprint density at radius 1 is 0.741 bits per heavy atom. The molecular formula is C17H38O8P2. The van der Waals surface area contributed by atoms with Crippen LogP contribution in [0.25, 0.3) is 0 Å². The third-order valence-corrected chi connectivity index (χ3v) is 6.47. The first-order valence-corrected chi connectivity index (χ1v) is 13.1. The molecule has 0 radical (unpaired) electrons. The highest BCUT2D eigenvalue weighted by molar-refractivity contribution is 7.60. The number of phosphoric ester groups is 1. The van der Waals surface area contributed by atoms with Gasteiger partial charge in [0, 0.05) is 0 Å². The Morgan fingerprint density at radius 3 is 1.67 bits per heavy atom. The van der Waals surface area contributed by atoms with Gasteiger partial charge in [-0.3, -0.25) is 4.52 Å². The van der Waals surface area contributed by atoms with Crippen molar-refractivity contribution in [3.05, 3.63) is 0 Å². The van der Waals surface area contributed by atoms with Crippen LogP contribution in [0.1, 0.15) is 96.8 Å². The van der Waals surface area contributed by atoms with Gasteiger partial charge < -0.3 is 19.8 Å². The maximum atomic E-state index is 11.2. The molecule has 0 aromatic heterocycles. The lowest BCUT2D eigenvalue weighted by molar-refractivity contribution is 0.141. The Balaban J connectivity index is 3.46. The van der Waals surface area contributed by atoms with Gasteiger partial charge in [-0.2, -0.15) is 4.31 Å². The Kier molecular flexibility index (Phi) is 16.2. The van der Waals surface area contributed by atoms with E-state index >= 15 is 0 Å². The highest BCUT2D eigenvalue weighted by Crippen LogP contribution is 2.57. The lowest BCUT2D eigenvalue weighted by Crippen LogP contribution is -2.06. The molecule has 0 amide bonds. The zero-order chi connectivity index (χ0) is 20.6. The zero-order valence-electron chi connectivity index (χ0n) is 16.5. The van der Waals surface area contributed by atoms with E-state index in [0.717, 1.165) is 19.3 Å².